The Balaban J connectivity index is 3.66. The summed E-state index contributed by atoms with van der Waals surface area (Å²) in [5, 5.41) is 13.9. The van der Waals surface area contributed by atoms with E-state index in [-0.39, 0.29) is 11.7 Å². The van der Waals surface area contributed by atoms with Crippen LogP contribution in [0, 0.1) is 5.92 Å². The number of unbranched alkanes of at least 4 members (excludes halogenated alkanes) is 1. The van der Waals surface area contributed by atoms with Crippen molar-refractivity contribution >= 4 is 11.7 Å². The van der Waals surface area contributed by atoms with Crippen LogP contribution in [0.1, 0.15) is 19.8 Å². The lowest BCUT2D eigenvalue weighted by molar-refractivity contribution is -0.122. The zero-order valence-electron chi connectivity index (χ0n) is 10.2. The van der Waals surface area contributed by atoms with Crippen molar-refractivity contribution in [2.75, 3.05) is 27.2 Å². The van der Waals surface area contributed by atoms with Crippen molar-refractivity contribution in [3.8, 4) is 0 Å². The molecule has 0 aromatic heterocycles. The third kappa shape index (κ3) is 6.23. The van der Waals surface area contributed by atoms with Gasteiger partial charge < -0.3 is 21.2 Å². The van der Waals surface area contributed by atoms with Crippen LogP contribution < -0.4 is 11.1 Å². The predicted molar refractivity (Wildman–Crippen MR) is 63.4 cm³/mol. The third-order valence-corrected chi connectivity index (χ3v) is 2.28. The van der Waals surface area contributed by atoms with Gasteiger partial charge in [0.25, 0.3) is 0 Å². The minimum Gasteiger partial charge on any atom is -0.409 e. The van der Waals surface area contributed by atoms with Gasteiger partial charge in [-0.05, 0) is 40.4 Å². The van der Waals surface area contributed by atoms with Crippen molar-refractivity contribution in [3.63, 3.8) is 0 Å². The molecule has 0 rings (SSSR count). The second-order valence-electron chi connectivity index (χ2n) is 4.05. The van der Waals surface area contributed by atoms with E-state index in [0.717, 1.165) is 19.4 Å². The van der Waals surface area contributed by atoms with Gasteiger partial charge in [0.1, 0.15) is 0 Å². The van der Waals surface area contributed by atoms with Crippen LogP contribution in [0.4, 0.5) is 0 Å². The van der Waals surface area contributed by atoms with Crippen molar-refractivity contribution in [1.82, 2.24) is 10.2 Å². The molecule has 0 aromatic rings. The van der Waals surface area contributed by atoms with Crippen LogP contribution in [0.15, 0.2) is 5.16 Å². The molecule has 16 heavy (non-hydrogen) atoms. The van der Waals surface area contributed by atoms with Crippen LogP contribution in [-0.4, -0.2) is 49.0 Å². The molecule has 1 atom stereocenters. The maximum atomic E-state index is 11.4. The molecule has 0 spiro atoms. The number of rotatable bonds is 7. The topological polar surface area (TPSA) is 91.0 Å². The molecule has 0 saturated heterocycles. The number of carbonyl (C=O) groups is 1. The van der Waals surface area contributed by atoms with Gasteiger partial charge in [-0.1, -0.05) is 5.16 Å². The van der Waals surface area contributed by atoms with Gasteiger partial charge in [0, 0.05) is 6.54 Å². The molecule has 0 aliphatic carbocycles. The summed E-state index contributed by atoms with van der Waals surface area (Å²) in [6.45, 7) is 3.23. The third-order valence-electron chi connectivity index (χ3n) is 2.28. The van der Waals surface area contributed by atoms with Gasteiger partial charge in [-0.25, -0.2) is 0 Å². The molecular formula is C10H22N4O2. The van der Waals surface area contributed by atoms with Crippen LogP contribution in [0.5, 0.6) is 0 Å². The zero-order chi connectivity index (χ0) is 12.6. The number of amidine groups is 1. The van der Waals surface area contributed by atoms with Crippen molar-refractivity contribution in [3.05, 3.63) is 0 Å². The summed E-state index contributed by atoms with van der Waals surface area (Å²) in [4.78, 5) is 13.5. The molecule has 6 heteroatoms. The molecule has 6 nitrogen and oxygen atoms in total. The second-order valence-corrected chi connectivity index (χ2v) is 4.05. The van der Waals surface area contributed by atoms with Gasteiger partial charge in [0.05, 0.1) is 5.92 Å². The van der Waals surface area contributed by atoms with E-state index in [9.17, 15) is 4.79 Å². The molecule has 0 fully saturated rings. The smallest absolute Gasteiger partial charge is 0.230 e. The standard InChI is InChI=1S/C10H22N4O2/c1-8(9(11)13-16)10(15)12-6-4-5-7-14(2)3/h8,16H,4-7H2,1-3H3,(H2,11,13)(H,12,15). The molecule has 1 unspecified atom stereocenters. The van der Waals surface area contributed by atoms with E-state index in [0.29, 0.717) is 6.54 Å². The Morgan fingerprint density at radius 3 is 2.62 bits per heavy atom. The lowest BCUT2D eigenvalue weighted by atomic mass is 10.1. The van der Waals surface area contributed by atoms with E-state index in [1.807, 2.05) is 14.1 Å². The predicted octanol–water partition coefficient (Wildman–Crippen LogP) is -0.173. The van der Waals surface area contributed by atoms with Crippen molar-refractivity contribution in [2.45, 2.75) is 19.8 Å². The largest absolute Gasteiger partial charge is 0.409 e. The van der Waals surface area contributed by atoms with Gasteiger partial charge in [-0.2, -0.15) is 0 Å². The number of carbonyl (C=O) groups excluding carboxylic acids is 1. The number of nitrogens with zero attached hydrogens (tertiary/aromatic N) is 2. The summed E-state index contributed by atoms with van der Waals surface area (Å²) in [6.07, 6.45) is 1.96. The van der Waals surface area contributed by atoms with Gasteiger partial charge in [-0.3, -0.25) is 4.79 Å². The second kappa shape index (κ2) is 7.92. The average molecular weight is 230 g/mol. The first-order chi connectivity index (χ1) is 7.49. The molecule has 4 N–H and O–H groups in total. The van der Waals surface area contributed by atoms with E-state index in [1.54, 1.807) is 6.92 Å². The Morgan fingerprint density at radius 2 is 2.12 bits per heavy atom. The first-order valence-electron chi connectivity index (χ1n) is 5.39. The summed E-state index contributed by atoms with van der Waals surface area (Å²) < 4.78 is 0. The Bertz CT molecular complexity index is 241. The van der Waals surface area contributed by atoms with Gasteiger partial charge >= 0.3 is 0 Å². The highest BCUT2D eigenvalue weighted by Gasteiger charge is 2.16. The zero-order valence-corrected chi connectivity index (χ0v) is 10.2. The number of oxime groups is 1. The SMILES string of the molecule is CC(C(=O)NCCCCN(C)C)C(N)=NO. The van der Waals surface area contributed by atoms with Crippen molar-refractivity contribution in [1.29, 1.82) is 0 Å². The summed E-state index contributed by atoms with van der Waals surface area (Å²) in [7, 11) is 4.03. The fourth-order valence-electron chi connectivity index (χ4n) is 1.14. The molecule has 0 heterocycles. The Labute approximate surface area is 96.5 Å². The first-order valence-corrected chi connectivity index (χ1v) is 5.39. The van der Waals surface area contributed by atoms with Gasteiger partial charge in [-0.15, -0.1) is 0 Å². The van der Waals surface area contributed by atoms with Crippen LogP contribution in [0.25, 0.3) is 0 Å². The number of hydrogen-bond acceptors (Lipinski definition) is 4. The molecule has 0 aromatic carbocycles. The number of nitrogens with two attached hydrogens (primary N) is 1. The highest BCUT2D eigenvalue weighted by Crippen LogP contribution is 1.95. The van der Waals surface area contributed by atoms with E-state index >= 15 is 0 Å². The summed E-state index contributed by atoms with van der Waals surface area (Å²) in [6, 6.07) is 0. The van der Waals surface area contributed by atoms with Crippen molar-refractivity contribution in [2.24, 2.45) is 16.8 Å². The minimum absolute atomic E-state index is 0.0641. The minimum atomic E-state index is -0.584. The van der Waals surface area contributed by atoms with E-state index in [1.165, 1.54) is 0 Å². The lowest BCUT2D eigenvalue weighted by Gasteiger charge is -2.11. The van der Waals surface area contributed by atoms with Crippen LogP contribution in [0.2, 0.25) is 0 Å². The van der Waals surface area contributed by atoms with Gasteiger partial charge in [0.2, 0.25) is 5.91 Å². The molecule has 0 aliphatic rings. The molecule has 0 radical (unpaired) electrons. The maximum Gasteiger partial charge on any atom is 0.230 e. The highest BCUT2D eigenvalue weighted by molar-refractivity contribution is 6.01. The number of nitrogens with one attached hydrogen (secondary N) is 1. The van der Waals surface area contributed by atoms with Crippen LogP contribution >= 0.6 is 0 Å². The Morgan fingerprint density at radius 1 is 1.50 bits per heavy atom. The Kier molecular flexibility index (Phi) is 7.28. The molecule has 0 saturated carbocycles. The van der Waals surface area contributed by atoms with Crippen LogP contribution in [0.3, 0.4) is 0 Å². The van der Waals surface area contributed by atoms with E-state index < -0.39 is 5.92 Å². The van der Waals surface area contributed by atoms with E-state index in [2.05, 4.69) is 15.4 Å². The lowest BCUT2D eigenvalue weighted by Crippen LogP contribution is -2.37. The molecule has 94 valence electrons. The molecule has 1 amide bonds. The monoisotopic (exact) mass is 230 g/mol. The fraction of sp³-hybridized carbons (Fsp3) is 0.800. The van der Waals surface area contributed by atoms with Gasteiger partial charge in [0.15, 0.2) is 5.84 Å². The van der Waals surface area contributed by atoms with E-state index in [4.69, 9.17) is 10.9 Å². The first kappa shape index (κ1) is 14.7. The molecular weight excluding hydrogens is 208 g/mol. The molecule has 0 aliphatic heterocycles. The summed E-state index contributed by atoms with van der Waals surface area (Å²) in [5.41, 5.74) is 5.32. The number of hydrogen-bond donors (Lipinski definition) is 3. The fourth-order valence-corrected chi connectivity index (χ4v) is 1.14. The summed E-state index contributed by atoms with van der Waals surface area (Å²) >= 11 is 0. The van der Waals surface area contributed by atoms with Crippen molar-refractivity contribution < 1.29 is 10.0 Å². The molecule has 0 bridgehead atoms. The normalized spacial score (nSPS) is 13.9. The Hall–Kier alpha value is -1.30. The number of amides is 1. The van der Waals surface area contributed by atoms with Crippen LogP contribution in [-0.2, 0) is 4.79 Å². The average Bonchev–Trinajstić information content (AvgIpc) is 2.25. The highest BCUT2D eigenvalue weighted by atomic mass is 16.4. The quantitative estimate of drug-likeness (QED) is 0.186. The summed E-state index contributed by atoms with van der Waals surface area (Å²) in [5.74, 6) is -0.857. The maximum absolute atomic E-state index is 11.4.